The molecule has 0 aliphatic carbocycles. The largest absolute Gasteiger partial charge is 0.471 e. The van der Waals surface area contributed by atoms with Crippen LogP contribution in [0, 0.1) is 6.92 Å². The van der Waals surface area contributed by atoms with E-state index in [0.717, 1.165) is 0 Å². The van der Waals surface area contributed by atoms with Gasteiger partial charge in [-0.3, -0.25) is 18.9 Å². The smallest absolute Gasteiger partial charge is 0.328 e. The van der Waals surface area contributed by atoms with Crippen LogP contribution in [-0.4, -0.2) is 25.6 Å². The summed E-state index contributed by atoms with van der Waals surface area (Å²) in [6.45, 7) is 1.54. The molecule has 0 saturated carbocycles. The van der Waals surface area contributed by atoms with Gasteiger partial charge >= 0.3 is 13.5 Å². The Hall–Kier alpha value is -1.25. The van der Waals surface area contributed by atoms with Crippen molar-refractivity contribution in [3.63, 3.8) is 0 Å². The van der Waals surface area contributed by atoms with E-state index in [1.54, 1.807) is 0 Å². The number of aromatic amines is 1. The lowest BCUT2D eigenvalue weighted by molar-refractivity contribution is -0.107. The highest BCUT2D eigenvalue weighted by atomic mass is 31.2. The molecule has 2 atom stereocenters. The summed E-state index contributed by atoms with van der Waals surface area (Å²) in [5.41, 5.74) is -0.790. The van der Waals surface area contributed by atoms with E-state index in [4.69, 9.17) is 14.5 Å². The third-order valence-corrected chi connectivity index (χ3v) is 3.18. The van der Waals surface area contributed by atoms with Gasteiger partial charge in [-0.2, -0.15) is 0 Å². The number of phosphoric ester groups is 1. The Morgan fingerprint density at radius 3 is 2.79 bits per heavy atom. The van der Waals surface area contributed by atoms with Crippen LogP contribution < -0.4 is 11.2 Å². The van der Waals surface area contributed by atoms with E-state index in [9.17, 15) is 14.2 Å². The molecule has 0 amide bonds. The van der Waals surface area contributed by atoms with Crippen LogP contribution in [0.1, 0.15) is 24.6 Å². The maximum Gasteiger partial charge on any atom is 0.471 e. The molecule has 2 heterocycles. The maximum absolute atomic E-state index is 11.6. The van der Waals surface area contributed by atoms with Crippen molar-refractivity contribution >= 4 is 7.82 Å². The SMILES string of the molecule is Cc1cn([C@H]2CC[C@@H](OP(=O)(O)O)O2)c(=O)[nH]c1=O. The van der Waals surface area contributed by atoms with Crippen LogP contribution in [0.4, 0.5) is 0 Å². The van der Waals surface area contributed by atoms with Crippen molar-refractivity contribution in [3.05, 3.63) is 32.6 Å². The number of hydrogen-bond donors (Lipinski definition) is 3. The molecule has 1 aromatic heterocycles. The van der Waals surface area contributed by atoms with E-state index >= 15 is 0 Å². The average molecular weight is 292 g/mol. The molecule has 0 unspecified atom stereocenters. The maximum atomic E-state index is 11.6. The fourth-order valence-electron chi connectivity index (χ4n) is 1.83. The molecule has 106 valence electrons. The highest BCUT2D eigenvalue weighted by Gasteiger charge is 2.32. The zero-order chi connectivity index (χ0) is 14.2. The van der Waals surface area contributed by atoms with E-state index in [1.807, 2.05) is 0 Å². The van der Waals surface area contributed by atoms with Crippen LogP contribution in [0.5, 0.6) is 0 Å². The van der Waals surface area contributed by atoms with Gasteiger partial charge in [0.25, 0.3) is 5.56 Å². The van der Waals surface area contributed by atoms with Crippen molar-refractivity contribution in [2.24, 2.45) is 0 Å². The molecular weight excluding hydrogens is 279 g/mol. The minimum Gasteiger partial charge on any atom is -0.328 e. The molecule has 0 spiro atoms. The van der Waals surface area contributed by atoms with Crippen LogP contribution in [0.25, 0.3) is 0 Å². The van der Waals surface area contributed by atoms with Gasteiger partial charge in [0.2, 0.25) is 0 Å². The second kappa shape index (κ2) is 5.03. The minimum absolute atomic E-state index is 0.236. The molecule has 19 heavy (non-hydrogen) atoms. The van der Waals surface area contributed by atoms with Gasteiger partial charge in [-0.25, -0.2) is 9.36 Å². The summed E-state index contributed by atoms with van der Waals surface area (Å²) in [6.07, 6.45) is 0.117. The summed E-state index contributed by atoms with van der Waals surface area (Å²) in [5.74, 6) is 0. The normalized spacial score (nSPS) is 23.7. The third-order valence-electron chi connectivity index (χ3n) is 2.67. The Morgan fingerprint density at radius 2 is 2.16 bits per heavy atom. The van der Waals surface area contributed by atoms with Crippen LogP contribution >= 0.6 is 7.82 Å². The fourth-order valence-corrected chi connectivity index (χ4v) is 2.29. The Morgan fingerprint density at radius 1 is 1.47 bits per heavy atom. The standard InChI is InChI=1S/C9H13N2O7P/c1-5-4-11(9(13)10-8(5)12)6-2-3-7(17-6)18-19(14,15)16/h4,6-7H,2-3H2,1H3,(H,10,12,13)(H2,14,15,16)/t6-,7-/m1/s1. The summed E-state index contributed by atoms with van der Waals surface area (Å²) in [4.78, 5) is 42.3. The molecule has 0 bridgehead atoms. The van der Waals surface area contributed by atoms with E-state index in [-0.39, 0.29) is 6.42 Å². The Balaban J connectivity index is 2.18. The van der Waals surface area contributed by atoms with Crippen molar-refractivity contribution in [1.29, 1.82) is 0 Å². The zero-order valence-electron chi connectivity index (χ0n) is 9.98. The quantitative estimate of drug-likeness (QED) is 0.645. The Bertz CT molecular complexity index is 630. The number of H-pyrrole nitrogens is 1. The third kappa shape index (κ3) is 3.40. The van der Waals surface area contributed by atoms with Crippen molar-refractivity contribution in [2.75, 3.05) is 0 Å². The summed E-state index contributed by atoms with van der Waals surface area (Å²) in [7, 11) is -4.63. The monoisotopic (exact) mass is 292 g/mol. The molecule has 0 aromatic carbocycles. The number of nitrogens with zero attached hydrogens (tertiary/aromatic N) is 1. The van der Waals surface area contributed by atoms with Gasteiger partial charge in [0.1, 0.15) is 6.23 Å². The predicted molar refractivity (Wildman–Crippen MR) is 62.3 cm³/mol. The predicted octanol–water partition coefficient (Wildman–Crippen LogP) is -0.411. The number of rotatable bonds is 3. The molecule has 1 aliphatic heterocycles. The summed E-state index contributed by atoms with van der Waals surface area (Å²) in [5, 5.41) is 0. The number of phosphoric acid groups is 1. The first-order chi connectivity index (χ1) is 8.76. The fraction of sp³-hybridized carbons (Fsp3) is 0.556. The molecule has 2 rings (SSSR count). The number of hydrogen-bond acceptors (Lipinski definition) is 5. The van der Waals surface area contributed by atoms with E-state index < -0.39 is 31.6 Å². The second-order valence-corrected chi connectivity index (χ2v) is 5.36. The first-order valence-corrected chi connectivity index (χ1v) is 7.01. The van der Waals surface area contributed by atoms with Crippen molar-refractivity contribution in [3.8, 4) is 0 Å². The highest BCUT2D eigenvalue weighted by Crippen LogP contribution is 2.42. The van der Waals surface area contributed by atoms with E-state index in [1.165, 1.54) is 17.7 Å². The first kappa shape index (κ1) is 14.2. The van der Waals surface area contributed by atoms with Crippen LogP contribution in [-0.2, 0) is 13.8 Å². The van der Waals surface area contributed by atoms with Crippen LogP contribution in [0.15, 0.2) is 15.8 Å². The summed E-state index contributed by atoms with van der Waals surface area (Å²) in [6, 6.07) is 0. The van der Waals surface area contributed by atoms with Gasteiger partial charge in [0, 0.05) is 18.2 Å². The zero-order valence-corrected chi connectivity index (χ0v) is 10.9. The van der Waals surface area contributed by atoms with Crippen molar-refractivity contribution in [1.82, 2.24) is 9.55 Å². The van der Waals surface area contributed by atoms with E-state index in [0.29, 0.717) is 12.0 Å². The molecule has 0 radical (unpaired) electrons. The summed E-state index contributed by atoms with van der Waals surface area (Å²) >= 11 is 0. The van der Waals surface area contributed by atoms with Gasteiger partial charge in [0.05, 0.1) is 0 Å². The molecular formula is C9H13N2O7P. The number of aryl methyl sites for hydroxylation is 1. The van der Waals surface area contributed by atoms with Gasteiger partial charge in [-0.15, -0.1) is 0 Å². The van der Waals surface area contributed by atoms with Gasteiger partial charge in [-0.05, 0) is 13.3 Å². The molecule has 3 N–H and O–H groups in total. The lowest BCUT2D eigenvalue weighted by Crippen LogP contribution is -2.33. The topological polar surface area (TPSA) is 131 Å². The number of ether oxygens (including phenoxy) is 1. The van der Waals surface area contributed by atoms with Gasteiger partial charge < -0.3 is 14.5 Å². The van der Waals surface area contributed by atoms with Gasteiger partial charge in [-0.1, -0.05) is 0 Å². The molecule has 1 saturated heterocycles. The van der Waals surface area contributed by atoms with E-state index in [2.05, 4.69) is 9.51 Å². The lowest BCUT2D eigenvalue weighted by Gasteiger charge is -2.16. The molecule has 1 fully saturated rings. The van der Waals surface area contributed by atoms with Gasteiger partial charge in [0.15, 0.2) is 6.29 Å². The van der Waals surface area contributed by atoms with Crippen molar-refractivity contribution < 1.29 is 23.6 Å². The number of aromatic nitrogens is 2. The molecule has 10 heteroatoms. The Labute approximate surface area is 107 Å². The van der Waals surface area contributed by atoms with Crippen molar-refractivity contribution in [2.45, 2.75) is 32.3 Å². The number of nitrogens with one attached hydrogen (secondary N) is 1. The first-order valence-electron chi connectivity index (χ1n) is 5.48. The van der Waals surface area contributed by atoms with Crippen LogP contribution in [0.2, 0.25) is 0 Å². The highest BCUT2D eigenvalue weighted by molar-refractivity contribution is 7.46. The Kier molecular flexibility index (Phi) is 3.75. The molecule has 1 aliphatic rings. The summed E-state index contributed by atoms with van der Waals surface area (Å²) < 4.78 is 21.5. The minimum atomic E-state index is -4.63. The second-order valence-electron chi connectivity index (χ2n) is 4.17. The molecule has 1 aromatic rings. The average Bonchev–Trinajstić information content (AvgIpc) is 2.69. The lowest BCUT2D eigenvalue weighted by atomic mass is 10.3. The molecule has 9 nitrogen and oxygen atoms in total. The van der Waals surface area contributed by atoms with Crippen LogP contribution in [0.3, 0.4) is 0 Å².